The van der Waals surface area contributed by atoms with Crippen LogP contribution < -0.4 is 21.2 Å². The molecule has 0 aliphatic carbocycles. The number of aliphatic carboxylic acids is 1. The second-order valence-electron chi connectivity index (χ2n) is 3.56. The SMILES string of the molecule is NC(=O)CC(NC(=O)NCc1csc(=O)[nH]1)C(=O)O. The van der Waals surface area contributed by atoms with E-state index in [1.807, 2.05) is 0 Å². The van der Waals surface area contributed by atoms with Crippen LogP contribution in [0.1, 0.15) is 12.1 Å². The number of H-pyrrole nitrogens is 1. The first-order valence-electron chi connectivity index (χ1n) is 5.10. The van der Waals surface area contributed by atoms with Crippen LogP contribution in [0.25, 0.3) is 0 Å². The molecule has 0 aliphatic rings. The molecule has 0 radical (unpaired) electrons. The zero-order valence-corrected chi connectivity index (χ0v) is 10.5. The molecule has 0 fully saturated rings. The fourth-order valence-electron chi connectivity index (χ4n) is 1.19. The highest BCUT2D eigenvalue weighted by Crippen LogP contribution is 1.95. The number of rotatable bonds is 6. The number of nitrogens with two attached hydrogens (primary N) is 1. The minimum absolute atomic E-state index is 0.0352. The molecule has 0 saturated carbocycles. The van der Waals surface area contributed by atoms with Crippen molar-refractivity contribution in [1.82, 2.24) is 15.6 Å². The maximum Gasteiger partial charge on any atom is 0.326 e. The Balaban J connectivity index is 2.46. The molecule has 104 valence electrons. The Labute approximate surface area is 110 Å². The number of aromatic amines is 1. The molecule has 1 rings (SSSR count). The maximum atomic E-state index is 11.4. The number of hydrogen-bond donors (Lipinski definition) is 5. The van der Waals surface area contributed by atoms with Crippen LogP contribution in [-0.4, -0.2) is 34.0 Å². The van der Waals surface area contributed by atoms with Gasteiger partial charge in [0.05, 0.1) is 13.0 Å². The van der Waals surface area contributed by atoms with E-state index < -0.39 is 30.4 Å². The zero-order valence-electron chi connectivity index (χ0n) is 9.63. The van der Waals surface area contributed by atoms with Crippen LogP contribution in [0, 0.1) is 0 Å². The molecule has 6 N–H and O–H groups in total. The van der Waals surface area contributed by atoms with Crippen LogP contribution in [0.15, 0.2) is 10.2 Å². The molecule has 3 amide bonds. The van der Waals surface area contributed by atoms with Crippen molar-refractivity contribution < 1.29 is 19.5 Å². The Hall–Kier alpha value is -2.36. The lowest BCUT2D eigenvalue weighted by Gasteiger charge is -2.13. The number of aromatic nitrogens is 1. The topological polar surface area (TPSA) is 154 Å². The lowest BCUT2D eigenvalue weighted by molar-refractivity contribution is -0.140. The number of hydrogen-bond acceptors (Lipinski definition) is 5. The average Bonchev–Trinajstić information content (AvgIpc) is 2.71. The first-order chi connectivity index (χ1) is 8.88. The highest BCUT2D eigenvalue weighted by Gasteiger charge is 2.21. The number of primary amides is 1. The summed E-state index contributed by atoms with van der Waals surface area (Å²) in [5.41, 5.74) is 5.35. The summed E-state index contributed by atoms with van der Waals surface area (Å²) in [5.74, 6) is -2.20. The normalized spacial score (nSPS) is 11.6. The van der Waals surface area contributed by atoms with Crippen molar-refractivity contribution in [1.29, 1.82) is 0 Å². The minimum Gasteiger partial charge on any atom is -0.480 e. The zero-order chi connectivity index (χ0) is 14.4. The van der Waals surface area contributed by atoms with Gasteiger partial charge in [0, 0.05) is 11.1 Å². The van der Waals surface area contributed by atoms with Crippen LogP contribution in [0.3, 0.4) is 0 Å². The maximum absolute atomic E-state index is 11.4. The van der Waals surface area contributed by atoms with Crippen molar-refractivity contribution >= 4 is 29.2 Å². The van der Waals surface area contributed by atoms with Crippen LogP contribution in [0.4, 0.5) is 4.79 Å². The van der Waals surface area contributed by atoms with E-state index in [1.54, 1.807) is 0 Å². The van der Waals surface area contributed by atoms with E-state index in [0.717, 1.165) is 11.3 Å². The van der Waals surface area contributed by atoms with E-state index in [1.165, 1.54) is 5.38 Å². The molecule has 0 spiro atoms. The molecule has 1 aromatic rings. The third kappa shape index (κ3) is 5.21. The number of amides is 3. The third-order valence-electron chi connectivity index (χ3n) is 2.02. The summed E-state index contributed by atoms with van der Waals surface area (Å²) in [5, 5.41) is 14.7. The molecule has 0 aliphatic heterocycles. The molecule has 9 nitrogen and oxygen atoms in total. The summed E-state index contributed by atoms with van der Waals surface area (Å²) >= 11 is 0.945. The lowest BCUT2D eigenvalue weighted by atomic mass is 10.2. The Morgan fingerprint density at radius 3 is 2.63 bits per heavy atom. The standard InChI is InChI=1S/C9H12N4O5S/c10-6(14)1-5(7(15)16)13-8(17)11-2-4-3-19-9(18)12-4/h3,5H,1-2H2,(H2,10,14)(H,12,18)(H,15,16)(H2,11,13,17). The quantitative estimate of drug-likeness (QED) is 0.434. The van der Waals surface area contributed by atoms with Crippen molar-refractivity contribution in [2.24, 2.45) is 5.73 Å². The summed E-state index contributed by atoms with van der Waals surface area (Å²) in [6, 6.07) is -2.17. The van der Waals surface area contributed by atoms with Gasteiger partial charge in [-0.25, -0.2) is 9.59 Å². The van der Waals surface area contributed by atoms with Crippen molar-refractivity contribution in [2.75, 3.05) is 0 Å². The monoisotopic (exact) mass is 288 g/mol. The highest BCUT2D eigenvalue weighted by atomic mass is 32.1. The van der Waals surface area contributed by atoms with E-state index in [9.17, 15) is 19.2 Å². The average molecular weight is 288 g/mol. The number of carbonyl (C=O) groups excluding carboxylic acids is 2. The molecule has 1 unspecified atom stereocenters. The van der Waals surface area contributed by atoms with Gasteiger partial charge in [0.1, 0.15) is 6.04 Å². The van der Waals surface area contributed by atoms with Gasteiger partial charge in [0.25, 0.3) is 0 Å². The van der Waals surface area contributed by atoms with Gasteiger partial charge >= 0.3 is 16.9 Å². The van der Waals surface area contributed by atoms with Crippen LogP contribution in [0.2, 0.25) is 0 Å². The number of urea groups is 1. The van der Waals surface area contributed by atoms with E-state index >= 15 is 0 Å². The number of nitrogens with one attached hydrogen (secondary N) is 3. The Morgan fingerprint density at radius 2 is 2.16 bits per heavy atom. The van der Waals surface area contributed by atoms with Crippen molar-refractivity contribution in [3.8, 4) is 0 Å². The fraction of sp³-hybridized carbons (Fsp3) is 0.333. The van der Waals surface area contributed by atoms with Crippen molar-refractivity contribution in [3.63, 3.8) is 0 Å². The molecular weight excluding hydrogens is 276 g/mol. The van der Waals surface area contributed by atoms with Gasteiger partial charge < -0.3 is 26.5 Å². The highest BCUT2D eigenvalue weighted by molar-refractivity contribution is 7.07. The van der Waals surface area contributed by atoms with Crippen LogP contribution in [0.5, 0.6) is 0 Å². The van der Waals surface area contributed by atoms with E-state index in [2.05, 4.69) is 15.6 Å². The van der Waals surface area contributed by atoms with Gasteiger partial charge in [0.15, 0.2) is 0 Å². The van der Waals surface area contributed by atoms with Crippen molar-refractivity contribution in [2.45, 2.75) is 19.0 Å². The number of carbonyl (C=O) groups is 3. The van der Waals surface area contributed by atoms with E-state index in [-0.39, 0.29) is 11.4 Å². The summed E-state index contributed by atoms with van der Waals surface area (Å²) in [7, 11) is 0. The largest absolute Gasteiger partial charge is 0.480 e. The first-order valence-corrected chi connectivity index (χ1v) is 5.98. The fourth-order valence-corrected chi connectivity index (χ4v) is 1.77. The summed E-state index contributed by atoms with van der Waals surface area (Å²) in [6.07, 6.45) is -0.502. The predicted molar refractivity (Wildman–Crippen MR) is 65.5 cm³/mol. The van der Waals surface area contributed by atoms with Gasteiger partial charge in [-0.1, -0.05) is 11.3 Å². The number of carboxylic acid groups (broad SMARTS) is 1. The molecule has 0 aromatic carbocycles. The summed E-state index contributed by atoms with van der Waals surface area (Å²) in [6.45, 7) is 0.0352. The lowest BCUT2D eigenvalue weighted by Crippen LogP contribution is -2.47. The molecule has 10 heteroatoms. The van der Waals surface area contributed by atoms with Gasteiger partial charge in [-0.15, -0.1) is 0 Å². The Morgan fingerprint density at radius 1 is 1.47 bits per heavy atom. The molecular formula is C9H12N4O5S. The molecule has 1 aromatic heterocycles. The van der Waals surface area contributed by atoms with Gasteiger partial charge in [0.2, 0.25) is 5.91 Å². The number of thiazole rings is 1. The van der Waals surface area contributed by atoms with Gasteiger partial charge in [-0.05, 0) is 0 Å². The second kappa shape index (κ2) is 6.54. The van der Waals surface area contributed by atoms with Crippen LogP contribution >= 0.6 is 11.3 Å². The van der Waals surface area contributed by atoms with E-state index in [4.69, 9.17) is 10.8 Å². The third-order valence-corrected chi connectivity index (χ3v) is 2.74. The number of carboxylic acids is 1. The van der Waals surface area contributed by atoms with Crippen LogP contribution in [-0.2, 0) is 16.1 Å². The predicted octanol–water partition coefficient (Wildman–Crippen LogP) is -1.44. The molecule has 1 atom stereocenters. The Bertz CT molecular complexity index is 537. The van der Waals surface area contributed by atoms with E-state index in [0.29, 0.717) is 5.69 Å². The Kier molecular flexibility index (Phi) is 5.06. The van der Waals surface area contributed by atoms with Gasteiger partial charge in [-0.3, -0.25) is 9.59 Å². The summed E-state index contributed by atoms with van der Waals surface area (Å²) < 4.78 is 0. The minimum atomic E-state index is -1.39. The molecule has 1 heterocycles. The van der Waals surface area contributed by atoms with Crippen molar-refractivity contribution in [3.05, 3.63) is 20.7 Å². The molecule has 19 heavy (non-hydrogen) atoms. The molecule has 0 bridgehead atoms. The smallest absolute Gasteiger partial charge is 0.326 e. The first kappa shape index (κ1) is 14.7. The summed E-state index contributed by atoms with van der Waals surface area (Å²) in [4.78, 5) is 45.8. The molecule has 0 saturated heterocycles. The second-order valence-corrected chi connectivity index (χ2v) is 4.40. The van der Waals surface area contributed by atoms with Gasteiger partial charge in [-0.2, -0.15) is 0 Å².